The number of ether oxygens (including phenoxy) is 2. The third kappa shape index (κ3) is 6.67. The fraction of sp³-hybridized carbons (Fsp3) is 0.182. The molecule has 0 atom stereocenters. The fourth-order valence-electron chi connectivity index (χ4n) is 2.83. The van der Waals surface area contributed by atoms with E-state index in [0.29, 0.717) is 32.0 Å². The van der Waals surface area contributed by atoms with Crippen LogP contribution in [0.2, 0.25) is 0 Å². The van der Waals surface area contributed by atoms with E-state index in [2.05, 4.69) is 37.2 Å². The Labute approximate surface area is 215 Å². The monoisotopic (exact) mass is 614 g/mol. The highest BCUT2D eigenvalue weighted by Crippen LogP contribution is 2.37. The van der Waals surface area contributed by atoms with Crippen molar-refractivity contribution < 1.29 is 33.0 Å². The van der Waals surface area contributed by atoms with Crippen molar-refractivity contribution in [1.29, 1.82) is 0 Å². The van der Waals surface area contributed by atoms with Gasteiger partial charge in [-0.1, -0.05) is 6.07 Å². The molecule has 1 aliphatic rings. The molecular weight excluding hydrogens is 599 g/mol. The summed E-state index contributed by atoms with van der Waals surface area (Å²) in [6.45, 7) is 1.15. The summed E-state index contributed by atoms with van der Waals surface area (Å²) >= 11 is 7.42. The van der Waals surface area contributed by atoms with E-state index < -0.39 is 35.4 Å². The zero-order valence-electron chi connectivity index (χ0n) is 17.6. The smallest absolute Gasteiger partial charge is 0.344 e. The van der Waals surface area contributed by atoms with Crippen molar-refractivity contribution in [1.82, 2.24) is 4.90 Å². The van der Waals surface area contributed by atoms with Gasteiger partial charge in [-0.15, -0.1) is 0 Å². The Hall–Kier alpha value is -2.70. The lowest BCUT2D eigenvalue weighted by atomic mass is 10.2. The molecule has 178 valence electrons. The molecule has 0 radical (unpaired) electrons. The van der Waals surface area contributed by atoms with E-state index in [1.165, 1.54) is 24.3 Å². The standard InChI is InChI=1S/C22H17Br2FN2O6S/c1-2-32-19(29)11-33-20-15(23)6-12(7-16(20)24)8-17-21(30)27(22(31)34-17)10-18(28)26-14-5-3-4-13(25)9-14/h3-9H,2,10-11H2,1H3,(H,26,28)/b17-8+. The zero-order chi connectivity index (χ0) is 24.8. The highest BCUT2D eigenvalue weighted by molar-refractivity contribution is 9.11. The Morgan fingerprint density at radius 2 is 1.88 bits per heavy atom. The Morgan fingerprint density at radius 1 is 1.18 bits per heavy atom. The summed E-state index contributed by atoms with van der Waals surface area (Å²) in [5.41, 5.74) is 0.782. The summed E-state index contributed by atoms with van der Waals surface area (Å²) < 4.78 is 24.6. The first kappa shape index (κ1) is 25.9. The second-order valence-corrected chi connectivity index (χ2v) is 9.44. The summed E-state index contributed by atoms with van der Waals surface area (Å²) in [7, 11) is 0. The summed E-state index contributed by atoms with van der Waals surface area (Å²) in [5.74, 6) is -1.93. The first-order valence-electron chi connectivity index (χ1n) is 9.76. The molecule has 2 aromatic carbocycles. The van der Waals surface area contributed by atoms with Crippen molar-refractivity contribution in [2.75, 3.05) is 25.1 Å². The number of thioether (sulfide) groups is 1. The molecule has 1 N–H and O–H groups in total. The SMILES string of the molecule is CCOC(=O)COc1c(Br)cc(/C=C2/SC(=O)N(CC(=O)Nc3cccc(F)c3)C2=O)cc1Br. The number of hydrogen-bond acceptors (Lipinski definition) is 7. The maximum Gasteiger partial charge on any atom is 0.344 e. The molecule has 1 heterocycles. The van der Waals surface area contributed by atoms with Crippen molar-refractivity contribution in [3.8, 4) is 5.75 Å². The number of anilines is 1. The van der Waals surface area contributed by atoms with Gasteiger partial charge >= 0.3 is 5.97 Å². The quantitative estimate of drug-likeness (QED) is 0.330. The van der Waals surface area contributed by atoms with Gasteiger partial charge in [0.15, 0.2) is 6.61 Å². The molecule has 0 saturated carbocycles. The molecule has 0 unspecified atom stereocenters. The van der Waals surface area contributed by atoms with Crippen LogP contribution in [0.4, 0.5) is 14.9 Å². The summed E-state index contributed by atoms with van der Waals surface area (Å²) in [5, 5.41) is 1.85. The van der Waals surface area contributed by atoms with Crippen LogP contribution in [0.1, 0.15) is 12.5 Å². The maximum absolute atomic E-state index is 13.3. The van der Waals surface area contributed by atoms with Gasteiger partial charge in [0.1, 0.15) is 18.1 Å². The van der Waals surface area contributed by atoms with Gasteiger partial charge in [-0.25, -0.2) is 9.18 Å². The number of esters is 1. The Bertz CT molecular complexity index is 1170. The van der Waals surface area contributed by atoms with E-state index in [1.807, 2.05) is 0 Å². The van der Waals surface area contributed by atoms with Gasteiger partial charge in [0.25, 0.3) is 11.1 Å². The minimum atomic E-state index is -0.636. The van der Waals surface area contributed by atoms with Gasteiger partial charge in [-0.3, -0.25) is 19.3 Å². The third-order valence-electron chi connectivity index (χ3n) is 4.24. The van der Waals surface area contributed by atoms with Crippen LogP contribution in [0.25, 0.3) is 6.08 Å². The van der Waals surface area contributed by atoms with Crippen molar-refractivity contribution in [3.63, 3.8) is 0 Å². The molecule has 8 nitrogen and oxygen atoms in total. The maximum atomic E-state index is 13.3. The minimum Gasteiger partial charge on any atom is -0.480 e. The molecule has 12 heteroatoms. The molecular formula is C22H17Br2FN2O6S. The van der Waals surface area contributed by atoms with Crippen LogP contribution in [-0.4, -0.2) is 47.7 Å². The Morgan fingerprint density at radius 3 is 2.53 bits per heavy atom. The highest BCUT2D eigenvalue weighted by atomic mass is 79.9. The van der Waals surface area contributed by atoms with Crippen molar-refractivity contribution >= 4 is 78.4 Å². The number of imide groups is 1. The molecule has 0 spiro atoms. The molecule has 1 fully saturated rings. The van der Waals surface area contributed by atoms with Crippen LogP contribution in [0, 0.1) is 5.82 Å². The number of amides is 3. The predicted molar refractivity (Wildman–Crippen MR) is 132 cm³/mol. The summed E-state index contributed by atoms with van der Waals surface area (Å²) in [6.07, 6.45) is 1.50. The molecule has 2 aromatic rings. The van der Waals surface area contributed by atoms with Crippen LogP contribution < -0.4 is 10.1 Å². The fourth-order valence-corrected chi connectivity index (χ4v) is 5.12. The van der Waals surface area contributed by atoms with E-state index in [1.54, 1.807) is 19.1 Å². The van der Waals surface area contributed by atoms with Crippen LogP contribution in [-0.2, 0) is 19.1 Å². The molecule has 0 bridgehead atoms. The number of rotatable bonds is 8. The van der Waals surface area contributed by atoms with Gasteiger partial charge in [-0.05, 0) is 92.5 Å². The van der Waals surface area contributed by atoms with Gasteiger partial charge in [0.2, 0.25) is 5.91 Å². The minimum absolute atomic E-state index is 0.127. The van der Waals surface area contributed by atoms with Crippen molar-refractivity contribution in [2.45, 2.75) is 6.92 Å². The van der Waals surface area contributed by atoms with E-state index >= 15 is 0 Å². The summed E-state index contributed by atoms with van der Waals surface area (Å²) in [4.78, 5) is 49.7. The number of carbonyl (C=O) groups is 4. The van der Waals surface area contributed by atoms with Crippen LogP contribution in [0.15, 0.2) is 50.2 Å². The van der Waals surface area contributed by atoms with Crippen LogP contribution in [0.5, 0.6) is 5.75 Å². The average molecular weight is 616 g/mol. The lowest BCUT2D eigenvalue weighted by molar-refractivity contribution is -0.145. The number of carbonyl (C=O) groups excluding carboxylic acids is 4. The lowest BCUT2D eigenvalue weighted by Gasteiger charge is -2.12. The van der Waals surface area contributed by atoms with E-state index in [0.717, 1.165) is 11.0 Å². The normalized spacial score (nSPS) is 14.5. The first-order chi connectivity index (χ1) is 16.2. The average Bonchev–Trinajstić information content (AvgIpc) is 3.00. The predicted octanol–water partition coefficient (Wildman–Crippen LogP) is 4.97. The van der Waals surface area contributed by atoms with Crippen molar-refractivity contribution in [2.24, 2.45) is 0 Å². The zero-order valence-corrected chi connectivity index (χ0v) is 21.6. The number of nitrogens with zero attached hydrogens (tertiary/aromatic N) is 1. The number of hydrogen-bond donors (Lipinski definition) is 1. The van der Waals surface area contributed by atoms with Crippen molar-refractivity contribution in [3.05, 3.63) is 61.6 Å². The molecule has 0 aromatic heterocycles. The van der Waals surface area contributed by atoms with Crippen LogP contribution >= 0.6 is 43.6 Å². The second kappa shape index (κ2) is 11.6. The van der Waals surface area contributed by atoms with Gasteiger partial charge < -0.3 is 14.8 Å². The second-order valence-electron chi connectivity index (χ2n) is 6.73. The largest absolute Gasteiger partial charge is 0.480 e. The van der Waals surface area contributed by atoms with E-state index in [-0.39, 0.29) is 23.8 Å². The molecule has 1 saturated heterocycles. The third-order valence-corrected chi connectivity index (χ3v) is 6.33. The molecule has 3 rings (SSSR count). The first-order valence-corrected chi connectivity index (χ1v) is 12.2. The number of benzene rings is 2. The van der Waals surface area contributed by atoms with Gasteiger partial charge in [0.05, 0.1) is 20.5 Å². The Kier molecular flexibility index (Phi) is 8.86. The number of nitrogens with one attached hydrogen (secondary N) is 1. The van der Waals surface area contributed by atoms with E-state index in [4.69, 9.17) is 9.47 Å². The van der Waals surface area contributed by atoms with Crippen LogP contribution in [0.3, 0.4) is 0 Å². The highest BCUT2D eigenvalue weighted by Gasteiger charge is 2.36. The summed E-state index contributed by atoms with van der Waals surface area (Å²) in [6, 6.07) is 8.57. The molecule has 0 aliphatic carbocycles. The number of halogens is 3. The molecule has 1 aliphatic heterocycles. The topological polar surface area (TPSA) is 102 Å². The van der Waals surface area contributed by atoms with Gasteiger partial charge in [-0.2, -0.15) is 0 Å². The van der Waals surface area contributed by atoms with E-state index in [9.17, 15) is 23.6 Å². The van der Waals surface area contributed by atoms with Gasteiger partial charge in [0, 0.05) is 5.69 Å². The molecule has 34 heavy (non-hydrogen) atoms. The lowest BCUT2D eigenvalue weighted by Crippen LogP contribution is -2.36. The Balaban J connectivity index is 1.69. The molecule has 3 amide bonds.